The van der Waals surface area contributed by atoms with E-state index in [-0.39, 0.29) is 5.41 Å². The molecule has 0 atom stereocenters. The van der Waals surface area contributed by atoms with Crippen LogP contribution in [0.25, 0.3) is 0 Å². The molecule has 0 amide bonds. The predicted octanol–water partition coefficient (Wildman–Crippen LogP) is 1.59. The highest BCUT2D eigenvalue weighted by Gasteiger charge is 2.21. The smallest absolute Gasteiger partial charge is 0.0587 e. The van der Waals surface area contributed by atoms with Crippen LogP contribution < -0.4 is 16.6 Å². The van der Waals surface area contributed by atoms with Crippen LogP contribution in [-0.4, -0.2) is 13.2 Å². The molecule has 0 saturated carbocycles. The predicted molar refractivity (Wildman–Crippen MR) is 69.1 cm³/mol. The van der Waals surface area contributed by atoms with Gasteiger partial charge in [-0.05, 0) is 25.0 Å². The monoisotopic (exact) mass is 221 g/mol. The van der Waals surface area contributed by atoms with Crippen LogP contribution in [-0.2, 0) is 5.41 Å². The van der Waals surface area contributed by atoms with E-state index < -0.39 is 0 Å². The van der Waals surface area contributed by atoms with E-state index in [1.807, 2.05) is 0 Å². The fourth-order valence-electron chi connectivity index (χ4n) is 2.01. The van der Waals surface area contributed by atoms with Crippen LogP contribution in [0.15, 0.2) is 18.2 Å². The Morgan fingerprint density at radius 2 is 1.94 bits per heavy atom. The van der Waals surface area contributed by atoms with Crippen molar-refractivity contribution in [2.45, 2.75) is 33.1 Å². The summed E-state index contributed by atoms with van der Waals surface area (Å²) in [4.78, 5) is 0. The first-order valence-corrected chi connectivity index (χ1v) is 5.69. The number of rotatable bonds is 5. The van der Waals surface area contributed by atoms with Crippen molar-refractivity contribution in [3.63, 3.8) is 0 Å². The molecule has 16 heavy (non-hydrogen) atoms. The average molecular weight is 221 g/mol. The van der Waals surface area contributed by atoms with Crippen LogP contribution in [0.2, 0.25) is 0 Å². The van der Waals surface area contributed by atoms with E-state index in [4.69, 9.17) is 5.84 Å². The van der Waals surface area contributed by atoms with Crippen LogP contribution in [0.5, 0.6) is 0 Å². The van der Waals surface area contributed by atoms with Crippen molar-refractivity contribution in [2.75, 3.05) is 13.2 Å². The van der Waals surface area contributed by atoms with E-state index in [2.05, 4.69) is 56.6 Å². The Labute approximate surface area is 98.4 Å². The zero-order valence-electron chi connectivity index (χ0n) is 10.7. The summed E-state index contributed by atoms with van der Waals surface area (Å²) in [5.74, 6) is 5.24. The molecule has 0 saturated heterocycles. The summed E-state index contributed by atoms with van der Waals surface area (Å²) in [6.45, 7) is 10.3. The molecule has 0 aliphatic carbocycles. The van der Waals surface area contributed by atoms with Crippen LogP contribution in [0.3, 0.4) is 0 Å². The minimum Gasteiger partial charge on any atom is -0.303 e. The molecular weight excluding hydrogens is 198 g/mol. The van der Waals surface area contributed by atoms with Gasteiger partial charge in [0, 0.05) is 12.0 Å². The standard InChI is InChI=1S/C13H23N3/c1-10-5-6-11(2)12(7-10)13(3,4)8-15-9-16-14/h5-7,15-16H,8-9,14H2,1-4H3. The van der Waals surface area contributed by atoms with Gasteiger partial charge < -0.3 is 5.32 Å². The van der Waals surface area contributed by atoms with Crippen molar-refractivity contribution in [1.29, 1.82) is 0 Å². The molecule has 0 spiro atoms. The minimum absolute atomic E-state index is 0.118. The summed E-state index contributed by atoms with van der Waals surface area (Å²) < 4.78 is 0. The molecule has 0 aliphatic rings. The second kappa shape index (κ2) is 5.43. The van der Waals surface area contributed by atoms with Crippen LogP contribution in [0, 0.1) is 13.8 Å². The fourth-order valence-corrected chi connectivity index (χ4v) is 2.01. The topological polar surface area (TPSA) is 50.1 Å². The molecule has 3 nitrogen and oxygen atoms in total. The molecule has 1 aromatic carbocycles. The Morgan fingerprint density at radius 1 is 1.25 bits per heavy atom. The Hall–Kier alpha value is -0.900. The van der Waals surface area contributed by atoms with Gasteiger partial charge in [-0.2, -0.15) is 0 Å². The van der Waals surface area contributed by atoms with Crippen molar-refractivity contribution in [3.8, 4) is 0 Å². The summed E-state index contributed by atoms with van der Waals surface area (Å²) in [7, 11) is 0. The lowest BCUT2D eigenvalue weighted by Gasteiger charge is -2.28. The zero-order chi connectivity index (χ0) is 12.2. The normalized spacial score (nSPS) is 11.8. The summed E-state index contributed by atoms with van der Waals surface area (Å²) in [6, 6.07) is 6.62. The van der Waals surface area contributed by atoms with Crippen molar-refractivity contribution in [3.05, 3.63) is 34.9 Å². The molecule has 0 fully saturated rings. The van der Waals surface area contributed by atoms with Gasteiger partial charge in [0.05, 0.1) is 6.67 Å². The van der Waals surface area contributed by atoms with Crippen molar-refractivity contribution < 1.29 is 0 Å². The second-order valence-corrected chi connectivity index (χ2v) is 5.01. The van der Waals surface area contributed by atoms with Gasteiger partial charge in [0.15, 0.2) is 0 Å². The molecule has 0 aromatic heterocycles. The Morgan fingerprint density at radius 3 is 2.56 bits per heavy atom. The molecule has 0 aliphatic heterocycles. The maximum atomic E-state index is 5.24. The molecule has 4 N–H and O–H groups in total. The molecule has 1 rings (SSSR count). The van der Waals surface area contributed by atoms with Crippen LogP contribution in [0.4, 0.5) is 0 Å². The largest absolute Gasteiger partial charge is 0.303 e. The highest BCUT2D eigenvalue weighted by atomic mass is 15.3. The van der Waals surface area contributed by atoms with Crippen molar-refractivity contribution in [1.82, 2.24) is 10.7 Å². The molecule has 0 heterocycles. The highest BCUT2D eigenvalue weighted by Crippen LogP contribution is 2.26. The van der Waals surface area contributed by atoms with E-state index in [9.17, 15) is 0 Å². The SMILES string of the molecule is Cc1ccc(C)c(C(C)(C)CNCNN)c1. The maximum Gasteiger partial charge on any atom is 0.0587 e. The summed E-state index contributed by atoms with van der Waals surface area (Å²) in [5, 5.41) is 3.28. The van der Waals surface area contributed by atoms with Gasteiger partial charge in [0.1, 0.15) is 0 Å². The number of aryl methyl sites for hydroxylation is 2. The third-order valence-corrected chi connectivity index (χ3v) is 2.92. The maximum absolute atomic E-state index is 5.24. The Bertz CT molecular complexity index is 345. The molecule has 0 radical (unpaired) electrons. The van der Waals surface area contributed by atoms with Gasteiger partial charge in [-0.15, -0.1) is 0 Å². The molecule has 3 heteroatoms. The molecule has 0 unspecified atom stereocenters. The third-order valence-electron chi connectivity index (χ3n) is 2.92. The van der Waals surface area contributed by atoms with Gasteiger partial charge >= 0.3 is 0 Å². The van der Waals surface area contributed by atoms with Gasteiger partial charge in [0.25, 0.3) is 0 Å². The zero-order valence-corrected chi connectivity index (χ0v) is 10.7. The van der Waals surface area contributed by atoms with Gasteiger partial charge in [-0.25, -0.2) is 5.43 Å². The molecule has 0 bridgehead atoms. The quantitative estimate of drug-likeness (QED) is 0.306. The Balaban J connectivity index is 2.83. The van der Waals surface area contributed by atoms with E-state index in [1.54, 1.807) is 0 Å². The van der Waals surface area contributed by atoms with Gasteiger partial charge in [-0.3, -0.25) is 5.84 Å². The number of hydrogen-bond acceptors (Lipinski definition) is 3. The average Bonchev–Trinajstić information content (AvgIpc) is 2.22. The minimum atomic E-state index is 0.118. The molecule has 1 aromatic rings. The summed E-state index contributed by atoms with van der Waals surface area (Å²) >= 11 is 0. The first-order valence-electron chi connectivity index (χ1n) is 5.69. The highest BCUT2D eigenvalue weighted by molar-refractivity contribution is 5.36. The lowest BCUT2D eigenvalue weighted by molar-refractivity contribution is 0.453. The third kappa shape index (κ3) is 3.30. The Kier molecular flexibility index (Phi) is 4.47. The van der Waals surface area contributed by atoms with Crippen molar-refractivity contribution >= 4 is 0 Å². The lowest BCUT2D eigenvalue weighted by atomic mass is 9.81. The van der Waals surface area contributed by atoms with Crippen LogP contribution >= 0.6 is 0 Å². The van der Waals surface area contributed by atoms with Gasteiger partial charge in [0.2, 0.25) is 0 Å². The first kappa shape index (κ1) is 13.2. The van der Waals surface area contributed by atoms with E-state index in [0.717, 1.165) is 6.54 Å². The van der Waals surface area contributed by atoms with Gasteiger partial charge in [-0.1, -0.05) is 37.6 Å². The van der Waals surface area contributed by atoms with E-state index in [1.165, 1.54) is 16.7 Å². The summed E-state index contributed by atoms with van der Waals surface area (Å²) in [5.41, 5.74) is 6.78. The second-order valence-electron chi connectivity index (χ2n) is 5.01. The van der Waals surface area contributed by atoms with Crippen molar-refractivity contribution in [2.24, 2.45) is 5.84 Å². The molecular formula is C13H23N3. The van der Waals surface area contributed by atoms with E-state index in [0.29, 0.717) is 6.67 Å². The fraction of sp³-hybridized carbons (Fsp3) is 0.538. The first-order chi connectivity index (χ1) is 7.47. The number of nitrogens with two attached hydrogens (primary N) is 1. The number of benzene rings is 1. The van der Waals surface area contributed by atoms with Crippen LogP contribution in [0.1, 0.15) is 30.5 Å². The number of hydrogen-bond donors (Lipinski definition) is 3. The van der Waals surface area contributed by atoms with E-state index >= 15 is 0 Å². The number of hydrazine groups is 1. The summed E-state index contributed by atoms with van der Waals surface area (Å²) in [6.07, 6.45) is 0. The molecule has 90 valence electrons. The number of nitrogens with one attached hydrogen (secondary N) is 2. The lowest BCUT2D eigenvalue weighted by Crippen LogP contribution is -2.40.